The summed E-state index contributed by atoms with van der Waals surface area (Å²) >= 11 is 1.26. The number of nitrogens with one attached hydrogen (secondary N) is 1. The fourth-order valence-corrected chi connectivity index (χ4v) is 5.45. The molecule has 1 fully saturated rings. The average molecular weight is 559 g/mol. The summed E-state index contributed by atoms with van der Waals surface area (Å²) < 4.78 is 12.4. The number of carbonyl (C=O) groups excluding carboxylic acids is 1. The van der Waals surface area contributed by atoms with Crippen LogP contribution in [0.4, 0.5) is 11.4 Å². The number of morpholine rings is 1. The zero-order chi connectivity index (χ0) is 28.1. The third-order valence-corrected chi connectivity index (χ3v) is 7.95. The summed E-state index contributed by atoms with van der Waals surface area (Å²) in [5, 5.41) is 4.00. The molecular formula is C31H34N4O4S. The van der Waals surface area contributed by atoms with Gasteiger partial charge < -0.3 is 19.7 Å². The van der Waals surface area contributed by atoms with E-state index in [0.717, 1.165) is 35.8 Å². The topological polar surface area (TPSA) is 85.7 Å². The Hall–Kier alpha value is -3.82. The van der Waals surface area contributed by atoms with E-state index in [1.54, 1.807) is 11.7 Å². The van der Waals surface area contributed by atoms with Gasteiger partial charge in [-0.15, -0.1) is 0 Å². The van der Waals surface area contributed by atoms with Gasteiger partial charge in [-0.25, -0.2) is 4.98 Å². The molecule has 0 bridgehead atoms. The Labute approximate surface area is 238 Å². The number of rotatable bonds is 9. The summed E-state index contributed by atoms with van der Waals surface area (Å²) in [6, 6.07) is 21.3. The molecule has 1 N–H and O–H groups in total. The third-order valence-electron chi connectivity index (χ3n) is 6.97. The molecule has 208 valence electrons. The van der Waals surface area contributed by atoms with Crippen LogP contribution in [0.1, 0.15) is 30.9 Å². The third kappa shape index (κ3) is 6.48. The van der Waals surface area contributed by atoms with Crippen molar-refractivity contribution < 1.29 is 14.3 Å². The quantitative estimate of drug-likeness (QED) is 0.225. The summed E-state index contributed by atoms with van der Waals surface area (Å²) in [5.74, 6) is 1.13. The lowest BCUT2D eigenvalue weighted by Crippen LogP contribution is -2.36. The lowest BCUT2D eigenvalue weighted by molar-refractivity contribution is -0.113. The first-order chi connectivity index (χ1) is 19.4. The van der Waals surface area contributed by atoms with Crippen LogP contribution in [0.25, 0.3) is 10.9 Å². The number of benzene rings is 3. The van der Waals surface area contributed by atoms with E-state index in [-0.39, 0.29) is 17.2 Å². The standard InChI is InChI=1S/C31H34N4O4S/c1-21(2)23-6-8-24(9-7-23)32-29(36)20-40-31-33-28-13-10-25(34-14-16-39-17-15-34)18-27(28)30(37)35(31)19-22-4-11-26(38-3)12-5-22/h4-13,18,21H,14-17,19-20H2,1-3H3,(H,32,36). The van der Waals surface area contributed by atoms with Gasteiger partial charge in [0.2, 0.25) is 5.91 Å². The van der Waals surface area contributed by atoms with Crippen molar-refractivity contribution >= 4 is 39.9 Å². The van der Waals surface area contributed by atoms with Gasteiger partial charge in [-0.2, -0.15) is 0 Å². The maximum Gasteiger partial charge on any atom is 0.262 e. The van der Waals surface area contributed by atoms with E-state index in [9.17, 15) is 9.59 Å². The molecule has 8 nitrogen and oxygen atoms in total. The van der Waals surface area contributed by atoms with Crippen LogP contribution in [-0.4, -0.2) is 54.6 Å². The predicted molar refractivity (Wildman–Crippen MR) is 161 cm³/mol. The molecule has 0 saturated carbocycles. The lowest BCUT2D eigenvalue weighted by Gasteiger charge is -2.29. The van der Waals surface area contributed by atoms with Crippen LogP contribution in [0.3, 0.4) is 0 Å². The fraction of sp³-hybridized carbons (Fsp3) is 0.323. The van der Waals surface area contributed by atoms with E-state index in [1.165, 1.54) is 17.3 Å². The van der Waals surface area contributed by atoms with Crippen molar-refractivity contribution in [2.75, 3.05) is 49.4 Å². The minimum absolute atomic E-state index is 0.123. The summed E-state index contributed by atoms with van der Waals surface area (Å²) in [4.78, 5) is 33.8. The summed E-state index contributed by atoms with van der Waals surface area (Å²) in [6.45, 7) is 7.49. The molecule has 1 saturated heterocycles. The Morgan fingerprint density at radius 1 is 1.05 bits per heavy atom. The molecule has 1 aliphatic heterocycles. The minimum atomic E-state index is -0.157. The molecule has 1 amide bonds. The van der Waals surface area contributed by atoms with Gasteiger partial charge >= 0.3 is 0 Å². The van der Waals surface area contributed by atoms with Gasteiger partial charge in [-0.1, -0.05) is 49.9 Å². The number of aromatic nitrogens is 2. The number of ether oxygens (including phenoxy) is 2. The van der Waals surface area contributed by atoms with Crippen molar-refractivity contribution in [1.82, 2.24) is 9.55 Å². The van der Waals surface area contributed by atoms with E-state index in [4.69, 9.17) is 14.5 Å². The minimum Gasteiger partial charge on any atom is -0.497 e. The molecule has 4 aromatic rings. The van der Waals surface area contributed by atoms with Crippen molar-refractivity contribution in [3.8, 4) is 5.75 Å². The maximum atomic E-state index is 13.9. The Balaban J connectivity index is 1.42. The van der Waals surface area contributed by atoms with E-state index < -0.39 is 0 Å². The van der Waals surface area contributed by atoms with Gasteiger partial charge in [0.15, 0.2) is 5.16 Å². The van der Waals surface area contributed by atoms with Gasteiger partial charge in [0, 0.05) is 24.5 Å². The summed E-state index contributed by atoms with van der Waals surface area (Å²) in [6.07, 6.45) is 0. The predicted octanol–water partition coefficient (Wildman–Crippen LogP) is 5.14. The molecule has 40 heavy (non-hydrogen) atoms. The highest BCUT2D eigenvalue weighted by molar-refractivity contribution is 7.99. The van der Waals surface area contributed by atoms with Crippen LogP contribution in [0.5, 0.6) is 5.75 Å². The Morgan fingerprint density at radius 2 is 1.77 bits per heavy atom. The Bertz CT molecular complexity index is 1530. The van der Waals surface area contributed by atoms with E-state index in [1.807, 2.05) is 66.7 Å². The highest BCUT2D eigenvalue weighted by atomic mass is 32.2. The fourth-order valence-electron chi connectivity index (χ4n) is 4.65. The number of hydrogen-bond acceptors (Lipinski definition) is 7. The molecular weight excluding hydrogens is 524 g/mol. The number of carbonyl (C=O) groups is 1. The smallest absolute Gasteiger partial charge is 0.262 e. The zero-order valence-corrected chi connectivity index (χ0v) is 23.9. The second kappa shape index (κ2) is 12.6. The van der Waals surface area contributed by atoms with Crippen molar-refractivity contribution in [3.05, 3.63) is 88.2 Å². The van der Waals surface area contributed by atoms with Crippen LogP contribution in [0, 0.1) is 0 Å². The number of thioether (sulfide) groups is 1. The van der Waals surface area contributed by atoms with Crippen LogP contribution in [-0.2, 0) is 16.1 Å². The maximum absolute atomic E-state index is 13.9. The average Bonchev–Trinajstić information content (AvgIpc) is 2.98. The number of hydrogen-bond donors (Lipinski definition) is 1. The van der Waals surface area contributed by atoms with Crippen molar-refractivity contribution in [3.63, 3.8) is 0 Å². The lowest BCUT2D eigenvalue weighted by atomic mass is 10.0. The van der Waals surface area contributed by atoms with Crippen LogP contribution < -0.4 is 20.5 Å². The van der Waals surface area contributed by atoms with E-state index >= 15 is 0 Å². The largest absolute Gasteiger partial charge is 0.497 e. The number of anilines is 2. The Kier molecular flexibility index (Phi) is 8.72. The molecule has 0 unspecified atom stereocenters. The Morgan fingerprint density at radius 3 is 2.45 bits per heavy atom. The first-order valence-electron chi connectivity index (χ1n) is 13.4. The molecule has 1 aliphatic rings. The molecule has 0 aliphatic carbocycles. The molecule has 0 spiro atoms. The summed E-state index contributed by atoms with van der Waals surface area (Å²) in [5.41, 5.74) is 4.35. The molecule has 9 heteroatoms. The zero-order valence-electron chi connectivity index (χ0n) is 23.1. The van der Waals surface area contributed by atoms with Gasteiger partial charge in [0.05, 0.1) is 43.5 Å². The van der Waals surface area contributed by atoms with Gasteiger partial charge in [-0.05, 0) is 59.5 Å². The van der Waals surface area contributed by atoms with Crippen molar-refractivity contribution in [1.29, 1.82) is 0 Å². The normalized spacial score (nSPS) is 13.6. The molecule has 0 atom stereocenters. The van der Waals surface area contributed by atoms with Gasteiger partial charge in [0.1, 0.15) is 5.75 Å². The molecule has 5 rings (SSSR count). The van der Waals surface area contributed by atoms with E-state index in [2.05, 4.69) is 24.1 Å². The van der Waals surface area contributed by atoms with Gasteiger partial charge in [-0.3, -0.25) is 14.2 Å². The summed E-state index contributed by atoms with van der Waals surface area (Å²) in [7, 11) is 1.62. The van der Waals surface area contributed by atoms with Crippen molar-refractivity contribution in [2.45, 2.75) is 31.5 Å². The number of methoxy groups -OCH3 is 1. The highest BCUT2D eigenvalue weighted by Gasteiger charge is 2.17. The van der Waals surface area contributed by atoms with Crippen LogP contribution in [0.2, 0.25) is 0 Å². The molecule has 0 radical (unpaired) electrons. The molecule has 1 aromatic heterocycles. The first-order valence-corrected chi connectivity index (χ1v) is 14.4. The SMILES string of the molecule is COc1ccc(Cn2c(SCC(=O)Nc3ccc(C(C)C)cc3)nc3ccc(N4CCOCC4)cc3c2=O)cc1. The molecule has 2 heterocycles. The van der Waals surface area contributed by atoms with E-state index in [0.29, 0.717) is 41.7 Å². The number of nitrogens with zero attached hydrogens (tertiary/aromatic N) is 3. The number of amides is 1. The second-order valence-electron chi connectivity index (χ2n) is 10.0. The van der Waals surface area contributed by atoms with Gasteiger partial charge in [0.25, 0.3) is 5.56 Å². The molecule has 3 aromatic carbocycles. The van der Waals surface area contributed by atoms with Crippen LogP contribution in [0.15, 0.2) is 76.7 Å². The first kappa shape index (κ1) is 27.7. The second-order valence-corrected chi connectivity index (χ2v) is 11.0. The monoisotopic (exact) mass is 558 g/mol. The van der Waals surface area contributed by atoms with Crippen molar-refractivity contribution in [2.24, 2.45) is 0 Å². The van der Waals surface area contributed by atoms with Crippen LogP contribution >= 0.6 is 11.8 Å². The highest BCUT2D eigenvalue weighted by Crippen LogP contribution is 2.25. The number of fused-ring (bicyclic) bond motifs is 1.